The minimum absolute atomic E-state index is 0.110. The molecule has 1 aromatic carbocycles. The van der Waals surface area contributed by atoms with E-state index in [1.54, 1.807) is 18.2 Å². The van der Waals surface area contributed by atoms with Gasteiger partial charge in [-0.05, 0) is 24.3 Å². The van der Waals surface area contributed by atoms with E-state index in [0.29, 0.717) is 22.8 Å². The van der Waals surface area contributed by atoms with Gasteiger partial charge in [0.05, 0.1) is 25.5 Å². The third-order valence-electron chi connectivity index (χ3n) is 3.03. The van der Waals surface area contributed by atoms with E-state index in [2.05, 4.69) is 10.3 Å². The highest BCUT2D eigenvalue weighted by Gasteiger charge is 2.17. The van der Waals surface area contributed by atoms with Gasteiger partial charge in [0.1, 0.15) is 17.3 Å². The second-order valence-electron chi connectivity index (χ2n) is 4.39. The molecule has 0 bridgehead atoms. The lowest BCUT2D eigenvalue weighted by Crippen LogP contribution is -2.22. The lowest BCUT2D eigenvalue weighted by atomic mass is 10.1. The quantitative estimate of drug-likeness (QED) is 0.662. The first-order valence-corrected chi connectivity index (χ1v) is 6.28. The summed E-state index contributed by atoms with van der Waals surface area (Å²) in [7, 11) is 3.06. The molecule has 2 rings (SSSR count). The molecule has 3 amide bonds. The molecule has 1 aromatic heterocycles. The van der Waals surface area contributed by atoms with Gasteiger partial charge in [-0.1, -0.05) is 0 Å². The van der Waals surface area contributed by atoms with Crippen LogP contribution in [0.3, 0.4) is 0 Å². The summed E-state index contributed by atoms with van der Waals surface area (Å²) in [5.74, 6) is 0.590. The topological polar surface area (TPSA) is 132 Å². The van der Waals surface area contributed by atoms with E-state index in [4.69, 9.17) is 20.9 Å². The normalized spacial score (nSPS) is 10.1. The molecule has 0 atom stereocenters. The van der Waals surface area contributed by atoms with Crippen LogP contribution in [0.25, 0.3) is 11.3 Å². The number of aromatic amines is 1. The smallest absolute Gasteiger partial charge is 0.317 e. The number of carbonyl (C=O) groups is 2. The molecule has 1 heterocycles. The number of carbonyl (C=O) groups excluding carboxylic acids is 2. The van der Waals surface area contributed by atoms with Crippen LogP contribution >= 0.6 is 0 Å². The van der Waals surface area contributed by atoms with Gasteiger partial charge in [0.25, 0.3) is 5.91 Å². The Morgan fingerprint density at radius 1 is 1.14 bits per heavy atom. The summed E-state index contributed by atoms with van der Waals surface area (Å²) in [6.07, 6.45) is 0. The van der Waals surface area contributed by atoms with Crippen molar-refractivity contribution in [1.82, 2.24) is 4.98 Å². The van der Waals surface area contributed by atoms with Gasteiger partial charge in [-0.3, -0.25) is 10.1 Å². The van der Waals surface area contributed by atoms with Crippen molar-refractivity contribution in [3.63, 3.8) is 0 Å². The maximum Gasteiger partial charge on any atom is 0.317 e. The van der Waals surface area contributed by atoms with Gasteiger partial charge in [-0.15, -0.1) is 0 Å². The molecule has 116 valence electrons. The first-order valence-electron chi connectivity index (χ1n) is 6.28. The number of methoxy groups -OCH3 is 2. The highest BCUT2D eigenvalue weighted by atomic mass is 16.5. The van der Waals surface area contributed by atoms with E-state index < -0.39 is 11.9 Å². The van der Waals surface area contributed by atoms with Gasteiger partial charge in [-0.2, -0.15) is 0 Å². The molecule has 22 heavy (non-hydrogen) atoms. The molecule has 0 aliphatic heterocycles. The van der Waals surface area contributed by atoms with Crippen molar-refractivity contribution in [2.24, 2.45) is 11.5 Å². The number of anilines is 1. The Bertz CT molecular complexity index is 724. The lowest BCUT2D eigenvalue weighted by Gasteiger charge is -2.09. The number of urea groups is 1. The number of hydrogen-bond acceptors (Lipinski definition) is 4. The van der Waals surface area contributed by atoms with E-state index in [9.17, 15) is 9.59 Å². The third kappa shape index (κ3) is 2.95. The number of amides is 3. The zero-order valence-corrected chi connectivity index (χ0v) is 12.1. The van der Waals surface area contributed by atoms with E-state index in [-0.39, 0.29) is 11.4 Å². The number of ether oxygens (including phenoxy) is 2. The number of primary amides is 2. The number of hydrogen-bond donors (Lipinski definition) is 4. The van der Waals surface area contributed by atoms with Crippen LogP contribution in [0, 0.1) is 0 Å². The molecule has 0 aliphatic carbocycles. The number of aromatic nitrogens is 1. The molecule has 8 nitrogen and oxygen atoms in total. The largest absolute Gasteiger partial charge is 0.497 e. The van der Waals surface area contributed by atoms with Gasteiger partial charge in [0.2, 0.25) is 0 Å². The van der Waals surface area contributed by atoms with Crippen LogP contribution in [-0.4, -0.2) is 31.1 Å². The van der Waals surface area contributed by atoms with Crippen LogP contribution in [0.4, 0.5) is 10.6 Å². The van der Waals surface area contributed by atoms with Crippen molar-refractivity contribution in [3.05, 3.63) is 29.8 Å². The number of benzene rings is 1. The Labute approximate surface area is 126 Å². The van der Waals surface area contributed by atoms with E-state index in [1.807, 2.05) is 0 Å². The van der Waals surface area contributed by atoms with E-state index >= 15 is 0 Å². The summed E-state index contributed by atoms with van der Waals surface area (Å²) >= 11 is 0. The zero-order valence-electron chi connectivity index (χ0n) is 12.1. The van der Waals surface area contributed by atoms with Crippen LogP contribution < -0.4 is 26.3 Å². The Balaban J connectivity index is 2.57. The monoisotopic (exact) mass is 304 g/mol. The van der Waals surface area contributed by atoms with Crippen molar-refractivity contribution < 1.29 is 19.1 Å². The van der Waals surface area contributed by atoms with Gasteiger partial charge < -0.3 is 25.9 Å². The SMILES string of the molecule is COc1ccc(OC)c(-c2cc(C(N)=O)c(NC(N)=O)[nH]2)c1. The average Bonchev–Trinajstić information content (AvgIpc) is 2.89. The highest BCUT2D eigenvalue weighted by molar-refractivity contribution is 6.03. The molecular weight excluding hydrogens is 288 g/mol. The van der Waals surface area contributed by atoms with Crippen molar-refractivity contribution in [1.29, 1.82) is 0 Å². The minimum Gasteiger partial charge on any atom is -0.497 e. The third-order valence-corrected chi connectivity index (χ3v) is 3.03. The fraction of sp³-hybridized carbons (Fsp3) is 0.143. The Kier molecular flexibility index (Phi) is 4.21. The first-order chi connectivity index (χ1) is 10.5. The summed E-state index contributed by atoms with van der Waals surface area (Å²) in [6.45, 7) is 0. The first kappa shape index (κ1) is 15.2. The number of H-pyrrole nitrogens is 1. The van der Waals surface area contributed by atoms with Crippen LogP contribution in [0.5, 0.6) is 11.5 Å². The molecule has 6 N–H and O–H groups in total. The van der Waals surface area contributed by atoms with Crippen LogP contribution in [-0.2, 0) is 0 Å². The molecule has 2 aromatic rings. The molecule has 0 aliphatic rings. The second kappa shape index (κ2) is 6.08. The fourth-order valence-corrected chi connectivity index (χ4v) is 2.04. The minimum atomic E-state index is -0.812. The van der Waals surface area contributed by atoms with Crippen LogP contribution in [0.15, 0.2) is 24.3 Å². The van der Waals surface area contributed by atoms with Gasteiger partial charge in [0.15, 0.2) is 0 Å². The summed E-state index contributed by atoms with van der Waals surface area (Å²) in [5, 5.41) is 2.32. The molecule has 0 fully saturated rings. The maximum absolute atomic E-state index is 11.5. The van der Waals surface area contributed by atoms with Crippen molar-refractivity contribution in [2.45, 2.75) is 0 Å². The molecular formula is C14H16N4O4. The van der Waals surface area contributed by atoms with Gasteiger partial charge >= 0.3 is 6.03 Å². The molecule has 0 saturated heterocycles. The summed E-state index contributed by atoms with van der Waals surface area (Å²) in [5.41, 5.74) is 11.6. The molecule has 0 spiro atoms. The Morgan fingerprint density at radius 3 is 2.41 bits per heavy atom. The second-order valence-corrected chi connectivity index (χ2v) is 4.39. The maximum atomic E-state index is 11.5. The summed E-state index contributed by atoms with van der Waals surface area (Å²) in [4.78, 5) is 25.4. The summed E-state index contributed by atoms with van der Waals surface area (Å²) in [6, 6.07) is 5.88. The molecule has 0 unspecified atom stereocenters. The summed E-state index contributed by atoms with van der Waals surface area (Å²) < 4.78 is 10.5. The number of nitrogens with one attached hydrogen (secondary N) is 2. The fourth-order valence-electron chi connectivity index (χ4n) is 2.04. The van der Waals surface area contributed by atoms with E-state index in [1.165, 1.54) is 20.3 Å². The van der Waals surface area contributed by atoms with Crippen LogP contribution in [0.2, 0.25) is 0 Å². The molecule has 0 saturated carbocycles. The standard InChI is InChI=1S/C14H16N4O4/c1-21-7-3-4-11(22-2)8(5-7)10-6-9(12(15)19)13(17-10)18-14(16)20/h3-6,17H,1-2H3,(H2,15,19)(H3,16,18,20). The predicted octanol–water partition coefficient (Wildman–Crippen LogP) is 1.29. The Morgan fingerprint density at radius 2 is 1.86 bits per heavy atom. The van der Waals surface area contributed by atoms with Crippen molar-refractivity contribution in [2.75, 3.05) is 19.5 Å². The van der Waals surface area contributed by atoms with Crippen molar-refractivity contribution in [3.8, 4) is 22.8 Å². The average molecular weight is 304 g/mol. The number of nitrogens with two attached hydrogens (primary N) is 2. The number of rotatable bonds is 5. The molecule has 0 radical (unpaired) electrons. The van der Waals surface area contributed by atoms with Gasteiger partial charge in [-0.25, -0.2) is 4.79 Å². The van der Waals surface area contributed by atoms with Crippen molar-refractivity contribution >= 4 is 17.8 Å². The molecule has 8 heteroatoms. The lowest BCUT2D eigenvalue weighted by molar-refractivity contribution is 0.100. The van der Waals surface area contributed by atoms with Crippen LogP contribution in [0.1, 0.15) is 10.4 Å². The highest BCUT2D eigenvalue weighted by Crippen LogP contribution is 2.34. The Hall–Kier alpha value is -3.16. The zero-order chi connectivity index (χ0) is 16.3. The predicted molar refractivity (Wildman–Crippen MR) is 81.1 cm³/mol. The van der Waals surface area contributed by atoms with E-state index in [0.717, 1.165) is 0 Å². The van der Waals surface area contributed by atoms with Gasteiger partial charge in [0, 0.05) is 5.56 Å².